The smallest absolute Gasteiger partial charge is 0.403 e. The third kappa shape index (κ3) is 3.91. The molecule has 1 aromatic heterocycles. The Morgan fingerprint density at radius 3 is 2.67 bits per heavy atom. The first kappa shape index (κ1) is 11.4. The Hall–Kier alpha value is -1.68. The van der Waals surface area contributed by atoms with Crippen molar-refractivity contribution in [3.63, 3.8) is 0 Å². The van der Waals surface area contributed by atoms with Gasteiger partial charge < -0.3 is 4.74 Å². The summed E-state index contributed by atoms with van der Waals surface area (Å²) in [4.78, 5) is 17.3. The summed E-state index contributed by atoms with van der Waals surface area (Å²) in [5.74, 6) is 0. The summed E-state index contributed by atoms with van der Waals surface area (Å²) in [6, 6.07) is 7.91. The summed E-state index contributed by atoms with van der Waals surface area (Å²) >= 11 is 4.60. The monoisotopic (exact) mass is 224 g/mol. The van der Waals surface area contributed by atoms with Crippen molar-refractivity contribution < 1.29 is 9.53 Å². The number of ether oxygens (including phenoxy) is 1. The zero-order chi connectivity index (χ0) is 11.1. The van der Waals surface area contributed by atoms with Crippen LogP contribution >= 0.6 is 11.6 Å². The summed E-state index contributed by atoms with van der Waals surface area (Å²) in [6.07, 6.45) is 3.37. The molecule has 0 unspecified atom stereocenters. The number of aromatic nitrogens is 2. The summed E-state index contributed by atoms with van der Waals surface area (Å²) < 4.78 is 3.88. The highest BCUT2D eigenvalue weighted by Gasteiger charge is 1.87. The van der Waals surface area contributed by atoms with Crippen molar-refractivity contribution in [1.29, 1.82) is 0 Å². The maximum Gasteiger partial charge on any atom is 0.403 e. The van der Waals surface area contributed by atoms with Gasteiger partial charge in [0.05, 0.1) is 12.6 Å². The van der Waals surface area contributed by atoms with Crippen molar-refractivity contribution in [2.45, 2.75) is 0 Å². The van der Waals surface area contributed by atoms with E-state index in [9.17, 15) is 4.79 Å². The molecule has 1 aromatic carbocycles. The van der Waals surface area contributed by atoms with Crippen molar-refractivity contribution in [2.75, 3.05) is 7.11 Å². The Labute approximate surface area is 91.9 Å². The van der Waals surface area contributed by atoms with Crippen LogP contribution in [-0.4, -0.2) is 22.5 Å². The summed E-state index contributed by atoms with van der Waals surface area (Å²) in [5, 5.41) is 1.09. The molecule has 15 heavy (non-hydrogen) atoms. The molecule has 4 nitrogen and oxygen atoms in total. The van der Waals surface area contributed by atoms with Gasteiger partial charge >= 0.3 is 5.43 Å². The van der Waals surface area contributed by atoms with E-state index in [-0.39, 0.29) is 0 Å². The third-order valence-corrected chi connectivity index (χ3v) is 1.73. The molecule has 0 saturated carbocycles. The van der Waals surface area contributed by atoms with Gasteiger partial charge in [0.1, 0.15) is 6.33 Å². The number of para-hydroxylation sites is 1. The van der Waals surface area contributed by atoms with Crippen molar-refractivity contribution in [2.24, 2.45) is 0 Å². The number of fused-ring (bicyclic) bond motifs is 1. The molecule has 0 radical (unpaired) electrons. The Kier molecular flexibility index (Phi) is 4.50. The van der Waals surface area contributed by atoms with Crippen LogP contribution in [0.3, 0.4) is 0 Å². The lowest BCUT2D eigenvalue weighted by molar-refractivity contribution is 0.198. The lowest BCUT2D eigenvalue weighted by atomic mass is 10.2. The Morgan fingerprint density at radius 1 is 1.40 bits per heavy atom. The Bertz CT molecular complexity index is 383. The molecule has 0 aliphatic heterocycles. The first-order valence-electron chi connectivity index (χ1n) is 4.12. The predicted octanol–water partition coefficient (Wildman–Crippen LogP) is 2.62. The van der Waals surface area contributed by atoms with Gasteiger partial charge in [-0.05, 0) is 6.07 Å². The van der Waals surface area contributed by atoms with Crippen molar-refractivity contribution >= 4 is 27.9 Å². The summed E-state index contributed by atoms with van der Waals surface area (Å²) in [6.45, 7) is 0. The SMILES string of the molecule is COC(=O)Cl.c1ccc2ncncc2c1. The van der Waals surface area contributed by atoms with E-state index < -0.39 is 5.43 Å². The van der Waals surface area contributed by atoms with E-state index in [0.717, 1.165) is 10.9 Å². The number of hydrogen-bond acceptors (Lipinski definition) is 4. The Morgan fingerprint density at radius 2 is 2.07 bits per heavy atom. The van der Waals surface area contributed by atoms with E-state index in [1.807, 2.05) is 30.5 Å². The van der Waals surface area contributed by atoms with Crippen molar-refractivity contribution in [3.8, 4) is 0 Å². The molecule has 2 aromatic rings. The first-order chi connectivity index (χ1) is 7.24. The maximum atomic E-state index is 9.36. The number of hydrogen-bond donors (Lipinski definition) is 0. The fourth-order valence-corrected chi connectivity index (χ4v) is 0.923. The highest BCUT2D eigenvalue weighted by atomic mass is 35.5. The van der Waals surface area contributed by atoms with Crippen LogP contribution in [0.4, 0.5) is 4.79 Å². The Balaban J connectivity index is 0.000000195. The number of benzene rings is 1. The van der Waals surface area contributed by atoms with Gasteiger partial charge in [0.15, 0.2) is 0 Å². The number of rotatable bonds is 0. The third-order valence-electron chi connectivity index (χ3n) is 1.57. The number of carbonyl (C=O) groups is 1. The molecule has 0 fully saturated rings. The predicted molar refractivity (Wildman–Crippen MR) is 57.8 cm³/mol. The van der Waals surface area contributed by atoms with Gasteiger partial charge in [-0.2, -0.15) is 0 Å². The summed E-state index contributed by atoms with van der Waals surface area (Å²) in [7, 11) is 1.22. The fourth-order valence-electron chi connectivity index (χ4n) is 0.923. The van der Waals surface area contributed by atoms with E-state index in [1.54, 1.807) is 6.33 Å². The minimum absolute atomic E-state index is 0.773. The zero-order valence-corrected chi connectivity index (χ0v) is 8.81. The second-order valence-electron chi connectivity index (χ2n) is 2.52. The molecule has 78 valence electrons. The molecule has 1 heterocycles. The minimum atomic E-state index is -0.773. The normalized spacial score (nSPS) is 8.93. The van der Waals surface area contributed by atoms with Crippen molar-refractivity contribution in [1.82, 2.24) is 9.97 Å². The van der Waals surface area contributed by atoms with Gasteiger partial charge in [-0.3, -0.25) is 0 Å². The largest absolute Gasteiger partial charge is 0.457 e. The topological polar surface area (TPSA) is 52.1 Å². The average Bonchev–Trinajstić information content (AvgIpc) is 2.30. The number of methoxy groups -OCH3 is 1. The van der Waals surface area contributed by atoms with Gasteiger partial charge in [-0.25, -0.2) is 14.8 Å². The van der Waals surface area contributed by atoms with Gasteiger partial charge in [0.25, 0.3) is 0 Å². The van der Waals surface area contributed by atoms with E-state index in [2.05, 4.69) is 26.3 Å². The second kappa shape index (κ2) is 5.93. The zero-order valence-electron chi connectivity index (χ0n) is 8.05. The standard InChI is InChI=1S/C8H6N2.C2H3ClO2/c1-2-4-8-7(3-1)5-9-6-10-8;1-5-2(3)4/h1-6H;1H3. The molecule has 0 aliphatic rings. The van der Waals surface area contributed by atoms with E-state index >= 15 is 0 Å². The molecule has 0 bridgehead atoms. The van der Waals surface area contributed by atoms with Crippen LogP contribution in [0.1, 0.15) is 0 Å². The molecule has 0 saturated heterocycles. The van der Waals surface area contributed by atoms with Crippen LogP contribution in [0, 0.1) is 0 Å². The van der Waals surface area contributed by atoms with Crippen LogP contribution in [0.5, 0.6) is 0 Å². The van der Waals surface area contributed by atoms with Crippen LogP contribution in [0.25, 0.3) is 10.9 Å². The molecular weight excluding hydrogens is 216 g/mol. The van der Waals surface area contributed by atoms with Gasteiger partial charge in [0, 0.05) is 23.2 Å². The number of nitrogens with zero attached hydrogens (tertiary/aromatic N) is 2. The molecule has 0 spiro atoms. The van der Waals surface area contributed by atoms with Gasteiger partial charge in [-0.1, -0.05) is 18.2 Å². The van der Waals surface area contributed by atoms with Crippen LogP contribution < -0.4 is 0 Å². The van der Waals surface area contributed by atoms with Crippen LogP contribution in [0.15, 0.2) is 36.8 Å². The van der Waals surface area contributed by atoms with E-state index in [4.69, 9.17) is 0 Å². The molecule has 0 aliphatic carbocycles. The molecule has 0 atom stereocenters. The summed E-state index contributed by atoms with van der Waals surface area (Å²) in [5.41, 5.74) is 0.225. The lowest BCUT2D eigenvalue weighted by Gasteiger charge is -1.90. The van der Waals surface area contributed by atoms with Crippen LogP contribution in [0.2, 0.25) is 0 Å². The van der Waals surface area contributed by atoms with E-state index in [0.29, 0.717) is 0 Å². The van der Waals surface area contributed by atoms with Gasteiger partial charge in [-0.15, -0.1) is 0 Å². The highest BCUT2D eigenvalue weighted by molar-refractivity contribution is 6.61. The molecular formula is C10H9ClN2O2. The first-order valence-corrected chi connectivity index (χ1v) is 4.50. The van der Waals surface area contributed by atoms with E-state index in [1.165, 1.54) is 7.11 Å². The molecule has 5 heteroatoms. The fraction of sp³-hybridized carbons (Fsp3) is 0.100. The molecule has 2 rings (SSSR count). The number of carbonyl (C=O) groups excluding carboxylic acids is 1. The van der Waals surface area contributed by atoms with Crippen molar-refractivity contribution in [3.05, 3.63) is 36.8 Å². The maximum absolute atomic E-state index is 9.36. The average molecular weight is 225 g/mol. The molecule has 0 N–H and O–H groups in total. The number of halogens is 1. The second-order valence-corrected chi connectivity index (χ2v) is 2.83. The quantitative estimate of drug-likeness (QED) is 0.646. The highest BCUT2D eigenvalue weighted by Crippen LogP contribution is 2.06. The lowest BCUT2D eigenvalue weighted by Crippen LogP contribution is -1.80. The van der Waals surface area contributed by atoms with Crippen LogP contribution in [-0.2, 0) is 4.74 Å². The van der Waals surface area contributed by atoms with Gasteiger partial charge in [0.2, 0.25) is 0 Å². The minimum Gasteiger partial charge on any atom is -0.457 e. The molecule has 0 amide bonds.